The van der Waals surface area contributed by atoms with E-state index in [2.05, 4.69) is 5.32 Å². The number of carbonyl (C=O) groups excluding carboxylic acids is 1. The lowest BCUT2D eigenvalue weighted by Crippen LogP contribution is -2.26. The van der Waals surface area contributed by atoms with Gasteiger partial charge in [-0.15, -0.1) is 0 Å². The molecule has 1 amide bonds. The van der Waals surface area contributed by atoms with Gasteiger partial charge in [0.2, 0.25) is 15.9 Å². The van der Waals surface area contributed by atoms with Crippen LogP contribution in [0.5, 0.6) is 0 Å². The average Bonchev–Trinajstić information content (AvgIpc) is 2.58. The van der Waals surface area contributed by atoms with E-state index in [1.165, 1.54) is 44.4 Å². The van der Waals surface area contributed by atoms with Crippen molar-refractivity contribution >= 4 is 22.0 Å². The molecule has 0 unspecified atom stereocenters. The van der Waals surface area contributed by atoms with Crippen molar-refractivity contribution in [1.82, 2.24) is 9.62 Å². The van der Waals surface area contributed by atoms with Crippen LogP contribution in [0.4, 0.5) is 4.39 Å². The maximum absolute atomic E-state index is 13.1. The summed E-state index contributed by atoms with van der Waals surface area (Å²) in [6.07, 6.45) is 2.76. The lowest BCUT2D eigenvalue weighted by molar-refractivity contribution is -0.116. The summed E-state index contributed by atoms with van der Waals surface area (Å²) < 4.78 is 38.8. The van der Waals surface area contributed by atoms with Crippen LogP contribution in [0.15, 0.2) is 59.5 Å². The molecule has 0 fully saturated rings. The maximum atomic E-state index is 13.1. The van der Waals surface area contributed by atoms with E-state index >= 15 is 0 Å². The molecule has 0 aliphatic rings. The Hall–Kier alpha value is -2.51. The third-order valence-electron chi connectivity index (χ3n) is 3.46. The zero-order valence-corrected chi connectivity index (χ0v) is 14.8. The fourth-order valence-electron chi connectivity index (χ4n) is 2.12. The number of hydrogen-bond donors (Lipinski definition) is 1. The first kappa shape index (κ1) is 18.8. The third-order valence-corrected chi connectivity index (χ3v) is 5.38. The van der Waals surface area contributed by atoms with E-state index in [1.54, 1.807) is 30.3 Å². The molecule has 2 aromatic rings. The van der Waals surface area contributed by atoms with E-state index in [9.17, 15) is 17.6 Å². The summed E-state index contributed by atoms with van der Waals surface area (Å²) in [6.45, 7) is 0.0650. The molecular weight excluding hydrogens is 343 g/mol. The van der Waals surface area contributed by atoms with Crippen molar-refractivity contribution in [3.63, 3.8) is 0 Å². The Bertz CT molecular complexity index is 893. The van der Waals surface area contributed by atoms with Crippen LogP contribution >= 0.6 is 0 Å². The number of sulfonamides is 1. The smallest absolute Gasteiger partial charge is 0.244 e. The predicted octanol–water partition coefficient (Wildman–Crippen LogP) is 2.41. The highest BCUT2D eigenvalue weighted by Gasteiger charge is 2.20. The lowest BCUT2D eigenvalue weighted by atomic mass is 10.2. The van der Waals surface area contributed by atoms with E-state index in [1.807, 2.05) is 0 Å². The standard InChI is InChI=1S/C18H19FN2O3S/c1-21(2)25(23,24)17-9-4-3-7-15(17)13-20-18(22)11-10-14-6-5-8-16(19)12-14/h3-12H,13H2,1-2H3,(H,20,22)/b11-10+. The molecule has 0 heterocycles. The first-order valence-electron chi connectivity index (χ1n) is 7.52. The maximum Gasteiger partial charge on any atom is 0.244 e. The SMILES string of the molecule is CN(C)S(=O)(=O)c1ccccc1CNC(=O)/C=C/c1cccc(F)c1. The van der Waals surface area contributed by atoms with E-state index in [0.29, 0.717) is 11.1 Å². The molecule has 5 nitrogen and oxygen atoms in total. The molecule has 0 bridgehead atoms. The van der Waals surface area contributed by atoms with Crippen LogP contribution in [-0.4, -0.2) is 32.7 Å². The Balaban J connectivity index is 2.08. The van der Waals surface area contributed by atoms with Crippen molar-refractivity contribution in [1.29, 1.82) is 0 Å². The highest BCUT2D eigenvalue weighted by Crippen LogP contribution is 2.18. The fraction of sp³-hybridized carbons (Fsp3) is 0.167. The lowest BCUT2D eigenvalue weighted by Gasteiger charge is -2.15. The van der Waals surface area contributed by atoms with Gasteiger partial charge in [0.25, 0.3) is 0 Å². The summed E-state index contributed by atoms with van der Waals surface area (Å²) in [5.41, 5.74) is 1.05. The minimum absolute atomic E-state index is 0.0650. The third kappa shape index (κ3) is 4.98. The summed E-state index contributed by atoms with van der Waals surface area (Å²) in [6, 6.07) is 12.3. The van der Waals surface area contributed by atoms with Gasteiger partial charge in [-0.3, -0.25) is 4.79 Å². The topological polar surface area (TPSA) is 66.5 Å². The van der Waals surface area contributed by atoms with Crippen molar-refractivity contribution in [2.24, 2.45) is 0 Å². The summed E-state index contributed by atoms with van der Waals surface area (Å²) in [5, 5.41) is 2.63. The Morgan fingerprint density at radius 1 is 1.16 bits per heavy atom. The molecule has 0 atom stereocenters. The molecule has 25 heavy (non-hydrogen) atoms. The highest BCUT2D eigenvalue weighted by molar-refractivity contribution is 7.89. The number of hydrogen-bond acceptors (Lipinski definition) is 3. The molecule has 0 saturated heterocycles. The monoisotopic (exact) mass is 362 g/mol. The van der Waals surface area contributed by atoms with Gasteiger partial charge in [-0.25, -0.2) is 17.1 Å². The van der Waals surface area contributed by atoms with Crippen LogP contribution < -0.4 is 5.32 Å². The minimum atomic E-state index is -3.59. The number of carbonyl (C=O) groups is 1. The van der Waals surface area contributed by atoms with Crippen molar-refractivity contribution in [3.05, 3.63) is 71.6 Å². The van der Waals surface area contributed by atoms with Crippen LogP contribution in [-0.2, 0) is 21.4 Å². The molecule has 0 aliphatic carbocycles. The second kappa shape index (κ2) is 8.04. The van der Waals surface area contributed by atoms with Gasteiger partial charge in [0.05, 0.1) is 4.90 Å². The number of benzene rings is 2. The molecule has 132 valence electrons. The summed E-state index contributed by atoms with van der Waals surface area (Å²) >= 11 is 0. The van der Waals surface area contributed by atoms with Gasteiger partial charge in [-0.05, 0) is 35.4 Å². The van der Waals surface area contributed by atoms with Gasteiger partial charge < -0.3 is 5.32 Å². The van der Waals surface area contributed by atoms with Crippen LogP contribution in [0.1, 0.15) is 11.1 Å². The second-order valence-corrected chi connectivity index (χ2v) is 7.62. The number of rotatable bonds is 6. The van der Waals surface area contributed by atoms with E-state index in [0.717, 1.165) is 4.31 Å². The molecule has 0 saturated carbocycles. The van der Waals surface area contributed by atoms with Crippen molar-refractivity contribution in [3.8, 4) is 0 Å². The molecule has 2 aromatic carbocycles. The van der Waals surface area contributed by atoms with E-state index < -0.39 is 15.9 Å². The Morgan fingerprint density at radius 3 is 2.56 bits per heavy atom. The summed E-state index contributed by atoms with van der Waals surface area (Å²) in [4.78, 5) is 12.1. The predicted molar refractivity (Wildman–Crippen MR) is 94.6 cm³/mol. The van der Waals surface area contributed by atoms with Crippen molar-refractivity contribution in [2.45, 2.75) is 11.4 Å². The molecule has 0 radical (unpaired) electrons. The second-order valence-electron chi connectivity index (χ2n) is 5.50. The van der Waals surface area contributed by atoms with Crippen molar-refractivity contribution < 1.29 is 17.6 Å². The number of nitrogens with zero attached hydrogens (tertiary/aromatic N) is 1. The average molecular weight is 362 g/mol. The van der Waals surface area contributed by atoms with Crippen LogP contribution in [0.25, 0.3) is 6.08 Å². The normalized spacial score (nSPS) is 11.8. The Morgan fingerprint density at radius 2 is 1.88 bits per heavy atom. The van der Waals surface area contributed by atoms with E-state index in [-0.39, 0.29) is 17.3 Å². The number of nitrogens with one attached hydrogen (secondary N) is 1. The number of amides is 1. The van der Waals surface area contributed by atoms with Crippen LogP contribution in [0, 0.1) is 5.82 Å². The van der Waals surface area contributed by atoms with Gasteiger partial charge in [-0.1, -0.05) is 30.3 Å². The molecule has 0 aliphatic heterocycles. The fourth-order valence-corrected chi connectivity index (χ4v) is 3.24. The molecule has 1 N–H and O–H groups in total. The molecule has 2 rings (SSSR count). The highest BCUT2D eigenvalue weighted by atomic mass is 32.2. The molecular formula is C18H19FN2O3S. The molecule has 0 spiro atoms. The quantitative estimate of drug-likeness (QED) is 0.803. The summed E-state index contributed by atoms with van der Waals surface area (Å²) in [5.74, 6) is -0.785. The largest absolute Gasteiger partial charge is 0.348 e. The van der Waals surface area contributed by atoms with Crippen LogP contribution in [0.2, 0.25) is 0 Å². The van der Waals surface area contributed by atoms with Gasteiger partial charge >= 0.3 is 0 Å². The van der Waals surface area contributed by atoms with Gasteiger partial charge in [0.15, 0.2) is 0 Å². The van der Waals surface area contributed by atoms with Crippen LogP contribution in [0.3, 0.4) is 0 Å². The van der Waals surface area contributed by atoms with Gasteiger partial charge in [-0.2, -0.15) is 0 Å². The zero-order valence-electron chi connectivity index (χ0n) is 13.9. The first-order valence-corrected chi connectivity index (χ1v) is 8.96. The Kier molecular flexibility index (Phi) is 6.06. The van der Waals surface area contributed by atoms with Gasteiger partial charge in [0, 0.05) is 26.7 Å². The minimum Gasteiger partial charge on any atom is -0.348 e. The zero-order chi connectivity index (χ0) is 18.4. The summed E-state index contributed by atoms with van der Waals surface area (Å²) in [7, 11) is -0.691. The Labute approximate surface area is 146 Å². The van der Waals surface area contributed by atoms with Crippen molar-refractivity contribution in [2.75, 3.05) is 14.1 Å². The van der Waals surface area contributed by atoms with E-state index in [4.69, 9.17) is 0 Å². The molecule has 7 heteroatoms. The molecule has 0 aromatic heterocycles. The first-order chi connectivity index (χ1) is 11.8. The number of halogens is 1. The van der Waals surface area contributed by atoms with Gasteiger partial charge in [0.1, 0.15) is 5.82 Å².